The smallest absolute Gasteiger partial charge is 0.220 e. The molecule has 0 aliphatic carbocycles. The molecule has 22 heavy (non-hydrogen) atoms. The summed E-state index contributed by atoms with van der Waals surface area (Å²) < 4.78 is 0. The molecule has 0 saturated heterocycles. The number of nitrogens with zero attached hydrogens (tertiary/aromatic N) is 1. The Balaban J connectivity index is 1.94. The van der Waals surface area contributed by atoms with E-state index in [1.165, 1.54) is 22.1 Å². The Hall–Kier alpha value is -2.55. The fourth-order valence-corrected chi connectivity index (χ4v) is 3.56. The van der Waals surface area contributed by atoms with Gasteiger partial charge in [-0.25, -0.2) is 0 Å². The first kappa shape index (κ1) is 13.1. The van der Waals surface area contributed by atoms with Crippen molar-refractivity contribution in [2.24, 2.45) is 0 Å². The summed E-state index contributed by atoms with van der Waals surface area (Å²) in [5.74, 6) is 0.129. The molecule has 1 aliphatic heterocycles. The number of H-pyrrole nitrogens is 1. The van der Waals surface area contributed by atoms with Gasteiger partial charge in [-0.15, -0.1) is 0 Å². The Labute approximate surface area is 129 Å². The van der Waals surface area contributed by atoms with E-state index < -0.39 is 0 Å². The van der Waals surface area contributed by atoms with Gasteiger partial charge in [-0.2, -0.15) is 0 Å². The minimum absolute atomic E-state index is 0.00130. The molecule has 0 unspecified atom stereocenters. The third kappa shape index (κ3) is 1.93. The lowest BCUT2D eigenvalue weighted by atomic mass is 9.88. The lowest BCUT2D eigenvalue weighted by molar-refractivity contribution is -0.130. The van der Waals surface area contributed by atoms with E-state index in [9.17, 15) is 4.79 Å². The van der Waals surface area contributed by atoms with E-state index in [-0.39, 0.29) is 11.9 Å². The monoisotopic (exact) mass is 290 g/mol. The number of para-hydroxylation sites is 1. The second-order valence-electron chi connectivity index (χ2n) is 5.85. The van der Waals surface area contributed by atoms with Crippen LogP contribution < -0.4 is 0 Å². The summed E-state index contributed by atoms with van der Waals surface area (Å²) in [6.45, 7) is 2.44. The van der Waals surface area contributed by atoms with Crippen molar-refractivity contribution in [3.8, 4) is 0 Å². The molecule has 0 radical (unpaired) electrons. The number of hydrogen-bond donors (Lipinski definition) is 1. The van der Waals surface area contributed by atoms with Crippen LogP contribution in [-0.2, 0) is 11.2 Å². The molecule has 1 amide bonds. The zero-order valence-corrected chi connectivity index (χ0v) is 12.5. The summed E-state index contributed by atoms with van der Waals surface area (Å²) >= 11 is 0. The van der Waals surface area contributed by atoms with Crippen molar-refractivity contribution < 1.29 is 4.79 Å². The summed E-state index contributed by atoms with van der Waals surface area (Å²) in [4.78, 5) is 17.5. The van der Waals surface area contributed by atoms with Gasteiger partial charge in [0.05, 0.1) is 6.04 Å². The van der Waals surface area contributed by atoms with Gasteiger partial charge >= 0.3 is 0 Å². The fourth-order valence-electron chi connectivity index (χ4n) is 3.56. The standard InChI is InChI=1S/C19H18N2O/c1-13(22)21-11-10-14-6-2-3-7-15(14)19(21)17-12-20-18-9-5-4-8-16(17)18/h2-9,12,19-20H,10-11H2,1H3/t19-/m0/s1. The van der Waals surface area contributed by atoms with E-state index in [1.807, 2.05) is 23.2 Å². The summed E-state index contributed by atoms with van der Waals surface area (Å²) in [5.41, 5.74) is 4.88. The van der Waals surface area contributed by atoms with Crippen LogP contribution in [-0.4, -0.2) is 22.3 Å². The van der Waals surface area contributed by atoms with Gasteiger partial charge < -0.3 is 9.88 Å². The highest BCUT2D eigenvalue weighted by Crippen LogP contribution is 2.38. The van der Waals surface area contributed by atoms with Gasteiger partial charge in [-0.05, 0) is 23.6 Å². The van der Waals surface area contributed by atoms with E-state index >= 15 is 0 Å². The van der Waals surface area contributed by atoms with Gasteiger partial charge in [0.15, 0.2) is 0 Å². The molecule has 2 heterocycles. The maximum Gasteiger partial charge on any atom is 0.220 e. The maximum absolute atomic E-state index is 12.2. The first-order valence-electron chi connectivity index (χ1n) is 7.67. The molecule has 0 fully saturated rings. The van der Waals surface area contributed by atoms with Crippen molar-refractivity contribution in [2.45, 2.75) is 19.4 Å². The second-order valence-corrected chi connectivity index (χ2v) is 5.85. The second kappa shape index (κ2) is 5.02. The minimum Gasteiger partial charge on any atom is -0.361 e. The van der Waals surface area contributed by atoms with Gasteiger partial charge in [0.2, 0.25) is 5.91 Å². The molecular formula is C19H18N2O. The zero-order valence-electron chi connectivity index (χ0n) is 12.5. The lowest BCUT2D eigenvalue weighted by Gasteiger charge is -2.36. The molecule has 2 aromatic carbocycles. The number of carbonyl (C=O) groups excluding carboxylic acids is 1. The summed E-state index contributed by atoms with van der Waals surface area (Å²) in [7, 11) is 0. The summed E-state index contributed by atoms with van der Waals surface area (Å²) in [6.07, 6.45) is 2.97. The number of hydrogen-bond acceptors (Lipinski definition) is 1. The van der Waals surface area contributed by atoms with Crippen molar-refractivity contribution in [3.63, 3.8) is 0 Å². The Morgan fingerprint density at radius 3 is 2.73 bits per heavy atom. The van der Waals surface area contributed by atoms with Gasteiger partial charge in [-0.1, -0.05) is 42.5 Å². The number of carbonyl (C=O) groups is 1. The third-order valence-corrected chi connectivity index (χ3v) is 4.60. The molecule has 4 rings (SSSR count). The van der Waals surface area contributed by atoms with E-state index in [1.54, 1.807) is 6.92 Å². The average Bonchev–Trinajstić information content (AvgIpc) is 2.97. The van der Waals surface area contributed by atoms with Gasteiger partial charge in [0.25, 0.3) is 0 Å². The predicted molar refractivity (Wildman–Crippen MR) is 87.7 cm³/mol. The number of rotatable bonds is 1. The molecule has 3 aromatic rings. The molecule has 3 heteroatoms. The molecule has 0 bridgehead atoms. The third-order valence-electron chi connectivity index (χ3n) is 4.60. The summed E-state index contributed by atoms with van der Waals surface area (Å²) in [6, 6.07) is 16.7. The van der Waals surface area contributed by atoms with Gasteiger partial charge in [0.1, 0.15) is 0 Å². The van der Waals surface area contributed by atoms with E-state index in [4.69, 9.17) is 0 Å². The topological polar surface area (TPSA) is 36.1 Å². The Morgan fingerprint density at radius 1 is 1.09 bits per heavy atom. The average molecular weight is 290 g/mol. The first-order chi connectivity index (χ1) is 10.8. The maximum atomic E-state index is 12.2. The van der Waals surface area contributed by atoms with Crippen molar-refractivity contribution >= 4 is 16.8 Å². The Morgan fingerprint density at radius 2 is 1.86 bits per heavy atom. The van der Waals surface area contributed by atoms with Crippen molar-refractivity contribution in [1.82, 2.24) is 9.88 Å². The zero-order chi connectivity index (χ0) is 15.1. The molecule has 1 atom stereocenters. The first-order valence-corrected chi connectivity index (χ1v) is 7.67. The van der Waals surface area contributed by atoms with E-state index in [2.05, 4.69) is 41.4 Å². The van der Waals surface area contributed by atoms with Crippen LogP contribution in [0.1, 0.15) is 29.7 Å². The molecule has 1 aromatic heterocycles. The van der Waals surface area contributed by atoms with Crippen molar-refractivity contribution in [1.29, 1.82) is 0 Å². The largest absolute Gasteiger partial charge is 0.361 e. The van der Waals surface area contributed by atoms with Crippen LogP contribution in [0.3, 0.4) is 0 Å². The molecular weight excluding hydrogens is 272 g/mol. The van der Waals surface area contributed by atoms with Gasteiger partial charge in [-0.3, -0.25) is 4.79 Å². The molecule has 1 N–H and O–H groups in total. The number of fused-ring (bicyclic) bond motifs is 2. The number of amides is 1. The molecule has 0 saturated carbocycles. The van der Waals surface area contributed by atoms with Crippen LogP contribution in [0.25, 0.3) is 10.9 Å². The van der Waals surface area contributed by atoms with Crippen LogP contribution >= 0.6 is 0 Å². The molecule has 0 spiro atoms. The lowest BCUT2D eigenvalue weighted by Crippen LogP contribution is -2.39. The molecule has 110 valence electrons. The van der Waals surface area contributed by atoms with Gasteiger partial charge in [0, 0.05) is 36.1 Å². The highest BCUT2D eigenvalue weighted by molar-refractivity contribution is 5.85. The Bertz CT molecular complexity index is 849. The van der Waals surface area contributed by atoms with E-state index in [0.717, 1.165) is 18.5 Å². The normalized spacial score (nSPS) is 17.5. The van der Waals surface area contributed by atoms with Crippen LogP contribution in [0, 0.1) is 0 Å². The Kier molecular flexibility index (Phi) is 3.00. The predicted octanol–water partition coefficient (Wildman–Crippen LogP) is 3.66. The SMILES string of the molecule is CC(=O)N1CCc2ccccc2[C@H]1c1c[nH]c2ccccc12. The van der Waals surface area contributed by atoms with Crippen LogP contribution in [0.15, 0.2) is 54.7 Å². The highest BCUT2D eigenvalue weighted by Gasteiger charge is 2.31. The minimum atomic E-state index is -0.00130. The van der Waals surface area contributed by atoms with Crippen molar-refractivity contribution in [3.05, 3.63) is 71.4 Å². The van der Waals surface area contributed by atoms with Crippen LogP contribution in [0.2, 0.25) is 0 Å². The molecule has 3 nitrogen and oxygen atoms in total. The summed E-state index contributed by atoms with van der Waals surface area (Å²) in [5, 5.41) is 1.19. The number of benzene rings is 2. The quantitative estimate of drug-likeness (QED) is 0.729. The van der Waals surface area contributed by atoms with Crippen molar-refractivity contribution in [2.75, 3.05) is 6.54 Å². The highest BCUT2D eigenvalue weighted by atomic mass is 16.2. The fraction of sp³-hybridized carbons (Fsp3) is 0.211. The van der Waals surface area contributed by atoms with Crippen LogP contribution in [0.5, 0.6) is 0 Å². The van der Waals surface area contributed by atoms with E-state index in [0.29, 0.717) is 0 Å². The molecule has 1 aliphatic rings. The number of aromatic amines is 1. The number of aromatic nitrogens is 1. The van der Waals surface area contributed by atoms with Crippen LogP contribution in [0.4, 0.5) is 0 Å². The number of nitrogens with one attached hydrogen (secondary N) is 1.